The van der Waals surface area contributed by atoms with Crippen molar-refractivity contribution >= 4 is 10.0 Å². The van der Waals surface area contributed by atoms with Crippen molar-refractivity contribution in [3.05, 3.63) is 30.5 Å². The van der Waals surface area contributed by atoms with Gasteiger partial charge in [-0.2, -0.15) is 0 Å². The topological polar surface area (TPSA) is 99.0 Å². The van der Waals surface area contributed by atoms with Crippen LogP contribution in [0.1, 0.15) is 18.7 Å². The van der Waals surface area contributed by atoms with E-state index in [1.54, 1.807) is 6.33 Å². The van der Waals surface area contributed by atoms with Crippen LogP contribution in [0, 0.1) is 0 Å². The van der Waals surface area contributed by atoms with Crippen molar-refractivity contribution in [2.75, 3.05) is 7.11 Å². The number of fused-ring (bicyclic) bond motifs is 1. The Morgan fingerprint density at radius 2 is 2.23 bits per heavy atom. The van der Waals surface area contributed by atoms with Crippen LogP contribution in [0.2, 0.25) is 0 Å². The molecule has 2 aromatic rings. The van der Waals surface area contributed by atoms with Gasteiger partial charge >= 0.3 is 0 Å². The van der Waals surface area contributed by atoms with Crippen LogP contribution in [-0.2, 0) is 23.0 Å². The lowest BCUT2D eigenvalue weighted by Crippen LogP contribution is -2.35. The van der Waals surface area contributed by atoms with Gasteiger partial charge in [0.1, 0.15) is 17.0 Å². The molecule has 0 bridgehead atoms. The summed E-state index contributed by atoms with van der Waals surface area (Å²) < 4.78 is 34.4. The number of nitrogens with one attached hydrogen (secondary N) is 1. The van der Waals surface area contributed by atoms with Crippen molar-refractivity contribution < 1.29 is 13.2 Å². The van der Waals surface area contributed by atoms with Crippen molar-refractivity contribution in [1.82, 2.24) is 24.5 Å². The van der Waals surface area contributed by atoms with E-state index in [1.807, 2.05) is 4.57 Å². The maximum Gasteiger partial charge on any atom is 0.242 e. The van der Waals surface area contributed by atoms with Crippen LogP contribution >= 0.6 is 0 Å². The van der Waals surface area contributed by atoms with Crippen molar-refractivity contribution in [3.8, 4) is 5.88 Å². The van der Waals surface area contributed by atoms with Gasteiger partial charge in [0.15, 0.2) is 0 Å². The third kappa shape index (κ3) is 3.09. The molecular formula is C13H17N5O3S. The Morgan fingerprint density at radius 3 is 2.95 bits per heavy atom. The van der Waals surface area contributed by atoms with Gasteiger partial charge in [0, 0.05) is 25.1 Å². The Morgan fingerprint density at radius 1 is 1.36 bits per heavy atom. The van der Waals surface area contributed by atoms with Crippen LogP contribution in [0.25, 0.3) is 0 Å². The normalized spacial score (nSPS) is 18.5. The van der Waals surface area contributed by atoms with E-state index in [9.17, 15) is 8.42 Å². The van der Waals surface area contributed by atoms with E-state index < -0.39 is 10.0 Å². The molecule has 1 unspecified atom stereocenters. The van der Waals surface area contributed by atoms with E-state index in [0.717, 1.165) is 5.82 Å². The number of methoxy groups -OCH3 is 1. The summed E-state index contributed by atoms with van der Waals surface area (Å²) in [6.07, 6.45) is 5.08. The zero-order chi connectivity index (χ0) is 15.6. The lowest BCUT2D eigenvalue weighted by Gasteiger charge is -2.16. The summed E-state index contributed by atoms with van der Waals surface area (Å²) in [5, 5.41) is 7.90. The molecule has 3 heterocycles. The highest BCUT2D eigenvalue weighted by molar-refractivity contribution is 7.89. The van der Waals surface area contributed by atoms with Crippen LogP contribution in [0.15, 0.2) is 29.6 Å². The number of hydrogen-bond donors (Lipinski definition) is 1. The first kappa shape index (κ1) is 14.9. The summed E-state index contributed by atoms with van der Waals surface area (Å²) in [5.41, 5.74) is 0. The smallest absolute Gasteiger partial charge is 0.242 e. The average molecular weight is 323 g/mol. The molecule has 0 aliphatic carbocycles. The molecule has 1 N–H and O–H groups in total. The molecule has 0 saturated heterocycles. The highest BCUT2D eigenvalue weighted by Crippen LogP contribution is 2.17. The molecule has 0 radical (unpaired) electrons. The van der Waals surface area contributed by atoms with E-state index >= 15 is 0 Å². The Labute approximate surface area is 128 Å². The number of rotatable bonds is 4. The van der Waals surface area contributed by atoms with Crippen LogP contribution in [-0.4, -0.2) is 41.3 Å². The third-order valence-corrected chi connectivity index (χ3v) is 5.19. The van der Waals surface area contributed by atoms with Gasteiger partial charge in [-0.25, -0.2) is 18.1 Å². The molecular weight excluding hydrogens is 306 g/mol. The van der Waals surface area contributed by atoms with Crippen molar-refractivity contribution in [2.45, 2.75) is 36.7 Å². The standard InChI is InChI=1S/C13H17N5O3S/c1-21-13-5-3-11(8-14-13)22(19,20)17-10-2-4-12-16-15-9-18(12)7-6-10/h3,5,8-10,17H,2,4,6-7H2,1H3. The number of pyridine rings is 1. The van der Waals surface area contributed by atoms with Crippen LogP contribution in [0.3, 0.4) is 0 Å². The number of aryl methyl sites for hydroxylation is 2. The minimum Gasteiger partial charge on any atom is -0.481 e. The summed E-state index contributed by atoms with van der Waals surface area (Å²) in [4.78, 5) is 4.07. The molecule has 3 rings (SSSR count). The van der Waals surface area contributed by atoms with Gasteiger partial charge < -0.3 is 9.30 Å². The highest BCUT2D eigenvalue weighted by atomic mass is 32.2. The third-order valence-electron chi connectivity index (χ3n) is 3.68. The molecule has 9 heteroatoms. The van der Waals surface area contributed by atoms with E-state index in [0.29, 0.717) is 31.7 Å². The Hall–Kier alpha value is -2.00. The SMILES string of the molecule is COc1ccc(S(=O)(=O)NC2CCc3nncn3CC2)cn1. The summed E-state index contributed by atoms with van der Waals surface area (Å²) in [6, 6.07) is 2.89. The number of sulfonamides is 1. The Bertz CT molecular complexity index is 719. The molecule has 1 atom stereocenters. The summed E-state index contributed by atoms with van der Waals surface area (Å²) in [6.45, 7) is 0.705. The van der Waals surface area contributed by atoms with Gasteiger partial charge in [-0.05, 0) is 18.9 Å². The van der Waals surface area contributed by atoms with Gasteiger partial charge in [0.2, 0.25) is 15.9 Å². The van der Waals surface area contributed by atoms with Crippen molar-refractivity contribution in [3.63, 3.8) is 0 Å². The number of nitrogens with zero attached hydrogens (tertiary/aromatic N) is 4. The van der Waals surface area contributed by atoms with Crippen molar-refractivity contribution in [2.24, 2.45) is 0 Å². The summed E-state index contributed by atoms with van der Waals surface area (Å²) in [7, 11) is -2.10. The fourth-order valence-corrected chi connectivity index (χ4v) is 3.70. The molecule has 1 aliphatic rings. The van der Waals surface area contributed by atoms with Gasteiger partial charge in [0.05, 0.1) is 13.3 Å². The van der Waals surface area contributed by atoms with E-state index in [-0.39, 0.29) is 10.9 Å². The molecule has 0 saturated carbocycles. The molecule has 118 valence electrons. The lowest BCUT2D eigenvalue weighted by atomic mass is 10.1. The van der Waals surface area contributed by atoms with Crippen molar-refractivity contribution in [1.29, 1.82) is 0 Å². The number of hydrogen-bond acceptors (Lipinski definition) is 6. The first-order chi connectivity index (χ1) is 10.6. The molecule has 22 heavy (non-hydrogen) atoms. The maximum atomic E-state index is 12.4. The predicted octanol–water partition coefficient (Wildman–Crippen LogP) is 0.365. The number of ether oxygens (including phenoxy) is 1. The molecule has 1 aliphatic heterocycles. The Balaban J connectivity index is 1.70. The molecule has 2 aromatic heterocycles. The van der Waals surface area contributed by atoms with Gasteiger partial charge in [-0.1, -0.05) is 0 Å². The van der Waals surface area contributed by atoms with Gasteiger partial charge in [-0.15, -0.1) is 10.2 Å². The van der Waals surface area contributed by atoms with Gasteiger partial charge in [-0.3, -0.25) is 0 Å². The van der Waals surface area contributed by atoms with E-state index in [4.69, 9.17) is 4.74 Å². The monoisotopic (exact) mass is 323 g/mol. The number of aromatic nitrogens is 4. The molecule has 8 nitrogen and oxygen atoms in total. The predicted molar refractivity (Wildman–Crippen MR) is 77.9 cm³/mol. The fraction of sp³-hybridized carbons (Fsp3) is 0.462. The quantitative estimate of drug-likeness (QED) is 0.872. The molecule has 0 spiro atoms. The Kier molecular flexibility index (Phi) is 4.08. The highest BCUT2D eigenvalue weighted by Gasteiger charge is 2.23. The first-order valence-electron chi connectivity index (χ1n) is 6.97. The summed E-state index contributed by atoms with van der Waals surface area (Å²) in [5.74, 6) is 1.28. The molecule has 0 amide bonds. The summed E-state index contributed by atoms with van der Waals surface area (Å²) >= 11 is 0. The second-order valence-electron chi connectivity index (χ2n) is 5.12. The van der Waals surface area contributed by atoms with Gasteiger partial charge in [0.25, 0.3) is 0 Å². The largest absolute Gasteiger partial charge is 0.481 e. The fourth-order valence-electron chi connectivity index (χ4n) is 2.45. The second kappa shape index (κ2) is 6.01. The molecule has 0 aromatic carbocycles. The van der Waals surface area contributed by atoms with Crippen LogP contribution < -0.4 is 9.46 Å². The minimum absolute atomic E-state index is 0.131. The average Bonchev–Trinajstić information content (AvgIpc) is 2.89. The van der Waals surface area contributed by atoms with Crippen LogP contribution in [0.4, 0.5) is 0 Å². The zero-order valence-corrected chi connectivity index (χ0v) is 13.0. The maximum absolute atomic E-state index is 12.4. The second-order valence-corrected chi connectivity index (χ2v) is 6.84. The van der Waals surface area contributed by atoms with E-state index in [1.165, 1.54) is 25.4 Å². The first-order valence-corrected chi connectivity index (χ1v) is 8.46. The van der Waals surface area contributed by atoms with E-state index in [2.05, 4.69) is 19.9 Å². The minimum atomic E-state index is -3.58. The van der Waals surface area contributed by atoms with Crippen LogP contribution in [0.5, 0.6) is 5.88 Å². The zero-order valence-electron chi connectivity index (χ0n) is 12.1. The lowest BCUT2D eigenvalue weighted by molar-refractivity contribution is 0.397. The molecule has 0 fully saturated rings.